The summed E-state index contributed by atoms with van der Waals surface area (Å²) in [6.07, 6.45) is 5.35. The van der Waals surface area contributed by atoms with Crippen molar-refractivity contribution < 1.29 is 0 Å². The largest absolute Gasteiger partial charge is 0.0619 e. The van der Waals surface area contributed by atoms with Crippen molar-refractivity contribution in [3.8, 4) is 11.1 Å². The molecule has 0 amide bonds. The fraction of sp³-hybridized carbons (Fsp3) is 0.238. The molecular weight excluding hydrogens is 252 g/mol. The molecule has 3 aromatic carbocycles. The van der Waals surface area contributed by atoms with Gasteiger partial charge in [-0.3, -0.25) is 0 Å². The Bertz CT molecular complexity index is 851. The lowest BCUT2D eigenvalue weighted by Gasteiger charge is -2.26. The van der Waals surface area contributed by atoms with E-state index in [4.69, 9.17) is 0 Å². The zero-order valence-electron chi connectivity index (χ0n) is 12.1. The molecule has 2 aliphatic rings. The zero-order valence-corrected chi connectivity index (χ0v) is 12.1. The van der Waals surface area contributed by atoms with Crippen molar-refractivity contribution >= 4 is 10.8 Å². The van der Waals surface area contributed by atoms with E-state index in [9.17, 15) is 0 Å². The molecule has 0 aliphatic heterocycles. The average molecular weight is 270 g/mol. The van der Waals surface area contributed by atoms with Crippen LogP contribution >= 0.6 is 0 Å². The van der Waals surface area contributed by atoms with Crippen LogP contribution in [0, 0.1) is 0 Å². The van der Waals surface area contributed by atoms with Crippen LogP contribution in [0.5, 0.6) is 0 Å². The van der Waals surface area contributed by atoms with E-state index in [1.165, 1.54) is 47.6 Å². The van der Waals surface area contributed by atoms with E-state index in [0.29, 0.717) is 5.41 Å². The highest BCUT2D eigenvalue weighted by atomic mass is 14.5. The summed E-state index contributed by atoms with van der Waals surface area (Å²) in [6.45, 7) is 0. The van der Waals surface area contributed by atoms with E-state index >= 15 is 0 Å². The summed E-state index contributed by atoms with van der Waals surface area (Å²) in [6, 6.07) is 22.7. The molecule has 0 aromatic heterocycles. The van der Waals surface area contributed by atoms with E-state index in [1.54, 1.807) is 11.1 Å². The van der Waals surface area contributed by atoms with Crippen molar-refractivity contribution in [2.45, 2.75) is 31.1 Å². The van der Waals surface area contributed by atoms with Crippen LogP contribution in [0.1, 0.15) is 36.8 Å². The second kappa shape index (κ2) is 3.98. The lowest BCUT2D eigenvalue weighted by Crippen LogP contribution is -2.20. The minimum absolute atomic E-state index is 0.302. The Balaban J connectivity index is 1.96. The van der Waals surface area contributed by atoms with Gasteiger partial charge >= 0.3 is 0 Å². The summed E-state index contributed by atoms with van der Waals surface area (Å²) >= 11 is 0. The molecule has 0 saturated heterocycles. The number of hydrogen-bond donors (Lipinski definition) is 0. The van der Waals surface area contributed by atoms with Gasteiger partial charge in [0.1, 0.15) is 0 Å². The van der Waals surface area contributed by atoms with Gasteiger partial charge in [0.2, 0.25) is 0 Å². The first-order valence-corrected chi connectivity index (χ1v) is 8.02. The molecule has 1 saturated carbocycles. The third-order valence-corrected chi connectivity index (χ3v) is 5.61. The normalized spacial score (nSPS) is 18.1. The zero-order chi connectivity index (χ0) is 13.9. The second-order valence-corrected chi connectivity index (χ2v) is 6.54. The van der Waals surface area contributed by atoms with Crippen LogP contribution < -0.4 is 0 Å². The maximum Gasteiger partial charge on any atom is 0.0215 e. The molecule has 0 unspecified atom stereocenters. The molecule has 3 aromatic rings. The molecular formula is C21H18. The third kappa shape index (κ3) is 1.35. The van der Waals surface area contributed by atoms with Crippen molar-refractivity contribution in [2.24, 2.45) is 0 Å². The van der Waals surface area contributed by atoms with Gasteiger partial charge in [-0.05, 0) is 45.9 Å². The highest BCUT2D eigenvalue weighted by Crippen LogP contribution is 2.58. The molecule has 0 radical (unpaired) electrons. The lowest BCUT2D eigenvalue weighted by molar-refractivity contribution is 0.550. The van der Waals surface area contributed by atoms with Crippen molar-refractivity contribution in [2.75, 3.05) is 0 Å². The highest BCUT2D eigenvalue weighted by molar-refractivity contribution is 6.02. The third-order valence-electron chi connectivity index (χ3n) is 5.61. The summed E-state index contributed by atoms with van der Waals surface area (Å²) in [5, 5.41) is 2.78. The maximum atomic E-state index is 2.41. The molecule has 2 aliphatic carbocycles. The van der Waals surface area contributed by atoms with Gasteiger partial charge in [-0.15, -0.1) is 0 Å². The van der Waals surface area contributed by atoms with Gasteiger partial charge in [-0.1, -0.05) is 73.5 Å². The monoisotopic (exact) mass is 270 g/mol. The highest BCUT2D eigenvalue weighted by Gasteiger charge is 2.45. The van der Waals surface area contributed by atoms with E-state index in [2.05, 4.69) is 60.7 Å². The predicted octanol–water partition coefficient (Wildman–Crippen LogP) is 5.68. The summed E-state index contributed by atoms with van der Waals surface area (Å²) in [4.78, 5) is 0. The Morgan fingerprint density at radius 2 is 1.43 bits per heavy atom. The SMILES string of the molecule is c1ccc2c(c1)-c1c(ccc3ccccc13)C21CCCC1. The van der Waals surface area contributed by atoms with Crippen molar-refractivity contribution in [3.05, 3.63) is 71.8 Å². The summed E-state index contributed by atoms with van der Waals surface area (Å²) in [5.41, 5.74) is 6.45. The first-order valence-electron chi connectivity index (χ1n) is 8.02. The maximum absolute atomic E-state index is 2.41. The number of fused-ring (bicyclic) bond motifs is 7. The summed E-state index contributed by atoms with van der Waals surface area (Å²) in [7, 11) is 0. The van der Waals surface area contributed by atoms with Crippen molar-refractivity contribution in [1.82, 2.24) is 0 Å². The van der Waals surface area contributed by atoms with E-state index in [0.717, 1.165) is 0 Å². The van der Waals surface area contributed by atoms with Crippen LogP contribution in [0.25, 0.3) is 21.9 Å². The van der Waals surface area contributed by atoms with Crippen LogP contribution in [0.2, 0.25) is 0 Å². The Hall–Kier alpha value is -2.08. The van der Waals surface area contributed by atoms with Gasteiger partial charge in [0.05, 0.1) is 0 Å². The first kappa shape index (κ1) is 11.6. The molecule has 1 fully saturated rings. The Morgan fingerprint density at radius 3 is 2.33 bits per heavy atom. The predicted molar refractivity (Wildman–Crippen MR) is 88.6 cm³/mol. The van der Waals surface area contributed by atoms with Crippen LogP contribution in [-0.2, 0) is 5.41 Å². The first-order chi connectivity index (χ1) is 10.4. The number of benzene rings is 3. The molecule has 0 atom stereocenters. The van der Waals surface area contributed by atoms with E-state index < -0.39 is 0 Å². The van der Waals surface area contributed by atoms with Gasteiger partial charge < -0.3 is 0 Å². The van der Waals surface area contributed by atoms with Gasteiger partial charge in [-0.2, -0.15) is 0 Å². The number of rotatable bonds is 0. The number of hydrogen-bond acceptors (Lipinski definition) is 0. The fourth-order valence-corrected chi connectivity index (χ4v) is 4.74. The van der Waals surface area contributed by atoms with Gasteiger partial charge in [0, 0.05) is 5.41 Å². The standard InChI is InChI=1S/C21H18/c1-2-8-16-15(7-1)11-12-19-20(16)17-9-3-4-10-18(17)21(19)13-5-6-14-21/h1-4,7-12H,5-6,13-14H2. The van der Waals surface area contributed by atoms with Crippen LogP contribution in [-0.4, -0.2) is 0 Å². The van der Waals surface area contributed by atoms with Crippen molar-refractivity contribution in [1.29, 1.82) is 0 Å². The lowest BCUT2D eigenvalue weighted by atomic mass is 9.76. The molecule has 0 heteroatoms. The smallest absolute Gasteiger partial charge is 0.0215 e. The minimum Gasteiger partial charge on any atom is -0.0619 e. The van der Waals surface area contributed by atoms with E-state index in [-0.39, 0.29) is 0 Å². The van der Waals surface area contributed by atoms with Crippen LogP contribution in [0.15, 0.2) is 60.7 Å². The second-order valence-electron chi connectivity index (χ2n) is 6.54. The quantitative estimate of drug-likeness (QED) is 0.493. The molecule has 21 heavy (non-hydrogen) atoms. The van der Waals surface area contributed by atoms with Gasteiger partial charge in [-0.25, -0.2) is 0 Å². The Kier molecular flexibility index (Phi) is 2.19. The topological polar surface area (TPSA) is 0 Å². The molecule has 0 N–H and O–H groups in total. The van der Waals surface area contributed by atoms with Crippen LogP contribution in [0.3, 0.4) is 0 Å². The van der Waals surface area contributed by atoms with E-state index in [1.807, 2.05) is 0 Å². The Morgan fingerprint density at radius 1 is 0.667 bits per heavy atom. The fourth-order valence-electron chi connectivity index (χ4n) is 4.74. The molecule has 102 valence electrons. The molecule has 1 spiro atoms. The van der Waals surface area contributed by atoms with Crippen molar-refractivity contribution in [3.63, 3.8) is 0 Å². The summed E-state index contributed by atoms with van der Waals surface area (Å²) < 4.78 is 0. The van der Waals surface area contributed by atoms with Gasteiger partial charge in [0.15, 0.2) is 0 Å². The minimum atomic E-state index is 0.302. The van der Waals surface area contributed by atoms with Crippen LogP contribution in [0.4, 0.5) is 0 Å². The average Bonchev–Trinajstić information content (AvgIpc) is 3.14. The van der Waals surface area contributed by atoms with Gasteiger partial charge in [0.25, 0.3) is 0 Å². The summed E-state index contributed by atoms with van der Waals surface area (Å²) in [5.74, 6) is 0. The molecule has 5 rings (SSSR count). The molecule has 0 nitrogen and oxygen atoms in total. The molecule has 0 bridgehead atoms. The Labute approximate surface area is 125 Å². The molecule has 0 heterocycles.